The first-order chi connectivity index (χ1) is 9.26. The zero-order chi connectivity index (χ0) is 13.3. The Morgan fingerprint density at radius 1 is 1.26 bits per heavy atom. The van der Waals surface area contributed by atoms with E-state index in [4.69, 9.17) is 9.73 Å². The monoisotopic (exact) mass is 277 g/mol. The van der Waals surface area contributed by atoms with E-state index in [0.717, 1.165) is 29.4 Å². The third-order valence-corrected chi connectivity index (χ3v) is 4.40. The van der Waals surface area contributed by atoms with Crippen LogP contribution in [0.5, 0.6) is 5.75 Å². The fraction of sp³-hybridized carbons (Fsp3) is 0.500. The van der Waals surface area contributed by atoms with Crippen LogP contribution in [-0.4, -0.2) is 24.2 Å². The number of benzene rings is 1. The van der Waals surface area contributed by atoms with E-state index in [1.807, 2.05) is 12.1 Å². The molecule has 1 aliphatic carbocycles. The van der Waals surface area contributed by atoms with Crippen LogP contribution in [0.2, 0.25) is 0 Å². The number of rotatable bonds is 2. The van der Waals surface area contributed by atoms with Crippen molar-refractivity contribution >= 4 is 22.6 Å². The maximum absolute atomic E-state index is 5.20. The van der Waals surface area contributed by atoms with Crippen molar-refractivity contribution in [3.05, 3.63) is 24.3 Å². The number of nitrogens with one attached hydrogen (secondary N) is 1. The molecule has 1 saturated carbocycles. The van der Waals surface area contributed by atoms with Crippen molar-refractivity contribution in [3.63, 3.8) is 0 Å². The molecular weight excluding hydrogens is 258 g/mol. The molecule has 19 heavy (non-hydrogen) atoms. The Bertz CT molecular complexity index is 480. The van der Waals surface area contributed by atoms with Crippen LogP contribution in [0, 0.1) is 0 Å². The molecule has 1 aromatic carbocycles. The highest BCUT2D eigenvalue weighted by Gasteiger charge is 2.41. The van der Waals surface area contributed by atoms with E-state index in [-0.39, 0.29) is 5.66 Å². The molecule has 1 aliphatic heterocycles. The van der Waals surface area contributed by atoms with Crippen molar-refractivity contribution in [1.82, 2.24) is 5.43 Å². The molecule has 102 valence electrons. The summed E-state index contributed by atoms with van der Waals surface area (Å²) in [6.45, 7) is 0. The summed E-state index contributed by atoms with van der Waals surface area (Å²) in [4.78, 5) is 4.90. The maximum Gasteiger partial charge on any atom is 0.180 e. The first kappa shape index (κ1) is 12.8. The van der Waals surface area contributed by atoms with E-state index in [9.17, 15) is 0 Å². The molecule has 0 aromatic heterocycles. The number of hydrogen-bond donors (Lipinski definition) is 1. The summed E-state index contributed by atoms with van der Waals surface area (Å²) in [5, 5.41) is 3.15. The van der Waals surface area contributed by atoms with Crippen molar-refractivity contribution < 1.29 is 4.74 Å². The number of hydrazine groups is 1. The summed E-state index contributed by atoms with van der Waals surface area (Å²) in [6, 6.07) is 8.08. The van der Waals surface area contributed by atoms with Crippen LogP contribution in [0.4, 0.5) is 5.69 Å². The van der Waals surface area contributed by atoms with Gasteiger partial charge in [0, 0.05) is 0 Å². The molecule has 3 rings (SSSR count). The molecule has 4 nitrogen and oxygen atoms in total. The highest BCUT2D eigenvalue weighted by molar-refractivity contribution is 8.13. The Morgan fingerprint density at radius 3 is 2.53 bits per heavy atom. The van der Waals surface area contributed by atoms with Gasteiger partial charge in [0.05, 0.1) is 12.8 Å². The number of aliphatic imine (C=N–C) groups is 1. The minimum absolute atomic E-state index is 0.0573. The molecule has 5 heteroatoms. The highest BCUT2D eigenvalue weighted by atomic mass is 32.2. The van der Waals surface area contributed by atoms with E-state index in [0.29, 0.717) is 0 Å². The largest absolute Gasteiger partial charge is 0.497 e. The van der Waals surface area contributed by atoms with Gasteiger partial charge in [-0.2, -0.15) is 0 Å². The summed E-state index contributed by atoms with van der Waals surface area (Å²) in [6.07, 6.45) is 6.85. The van der Waals surface area contributed by atoms with E-state index in [2.05, 4.69) is 28.8 Å². The lowest BCUT2D eigenvalue weighted by Gasteiger charge is -2.25. The van der Waals surface area contributed by atoms with Gasteiger partial charge in [0.1, 0.15) is 11.4 Å². The number of amidine groups is 1. The second-order valence-corrected chi connectivity index (χ2v) is 5.76. The predicted octanol–water partition coefficient (Wildman–Crippen LogP) is 3.01. The van der Waals surface area contributed by atoms with Crippen LogP contribution in [0.15, 0.2) is 29.3 Å². The molecule has 0 atom stereocenters. The van der Waals surface area contributed by atoms with Gasteiger partial charge in [0.25, 0.3) is 0 Å². The molecule has 0 unspecified atom stereocenters. The van der Waals surface area contributed by atoms with E-state index in [1.165, 1.54) is 12.8 Å². The van der Waals surface area contributed by atoms with E-state index >= 15 is 0 Å². The molecule has 0 bridgehead atoms. The minimum Gasteiger partial charge on any atom is -0.497 e. The van der Waals surface area contributed by atoms with E-state index < -0.39 is 0 Å². The second-order valence-electron chi connectivity index (χ2n) is 4.98. The summed E-state index contributed by atoms with van der Waals surface area (Å²) in [5.74, 6) is 0.876. The number of thioether (sulfide) groups is 1. The lowest BCUT2D eigenvalue weighted by atomic mass is 10.1. The standard InChI is InChI=1S/C14H19N3OS/c1-18-12-7-5-11(6-8-12)17-13(19-2)15-14(16-17)9-3-4-10-14/h5-8,16H,3-4,9-10H2,1-2H3. The molecule has 1 aromatic rings. The third kappa shape index (κ3) is 2.32. The van der Waals surface area contributed by atoms with Crippen molar-refractivity contribution in [3.8, 4) is 5.75 Å². The van der Waals surface area contributed by atoms with Gasteiger partial charge in [0.15, 0.2) is 5.17 Å². The SMILES string of the molecule is COc1ccc(N2NC3(CCCC3)N=C2SC)cc1. The van der Waals surface area contributed by atoms with Crippen molar-refractivity contribution in [2.75, 3.05) is 18.4 Å². The summed E-state index contributed by atoms with van der Waals surface area (Å²) in [5.41, 5.74) is 4.64. The topological polar surface area (TPSA) is 36.9 Å². The van der Waals surface area contributed by atoms with Crippen LogP contribution < -0.4 is 15.2 Å². The normalized spacial score (nSPS) is 20.9. The van der Waals surface area contributed by atoms with Crippen LogP contribution in [0.3, 0.4) is 0 Å². The van der Waals surface area contributed by atoms with Crippen LogP contribution in [0.25, 0.3) is 0 Å². The molecule has 1 heterocycles. The zero-order valence-corrected chi connectivity index (χ0v) is 12.2. The molecule has 2 aliphatic rings. The number of nitrogens with zero attached hydrogens (tertiary/aromatic N) is 2. The van der Waals surface area contributed by atoms with Gasteiger partial charge in [0.2, 0.25) is 0 Å². The lowest BCUT2D eigenvalue weighted by molar-refractivity contribution is 0.380. The van der Waals surface area contributed by atoms with Gasteiger partial charge in [-0.15, -0.1) is 0 Å². The van der Waals surface area contributed by atoms with E-state index in [1.54, 1.807) is 18.9 Å². The van der Waals surface area contributed by atoms with Crippen LogP contribution in [-0.2, 0) is 0 Å². The number of hydrogen-bond acceptors (Lipinski definition) is 5. The Hall–Kier alpha value is -1.20. The first-order valence-corrected chi connectivity index (χ1v) is 7.85. The Morgan fingerprint density at radius 2 is 1.95 bits per heavy atom. The average molecular weight is 277 g/mol. The fourth-order valence-corrected chi connectivity index (χ4v) is 3.34. The number of methoxy groups -OCH3 is 1. The molecular formula is C14H19N3OS. The smallest absolute Gasteiger partial charge is 0.180 e. The van der Waals surface area contributed by atoms with Crippen LogP contribution >= 0.6 is 11.8 Å². The minimum atomic E-state index is -0.0573. The first-order valence-electron chi connectivity index (χ1n) is 6.62. The second kappa shape index (κ2) is 5.06. The van der Waals surface area contributed by atoms with Gasteiger partial charge < -0.3 is 4.74 Å². The fourth-order valence-electron chi connectivity index (χ4n) is 2.74. The van der Waals surface area contributed by atoms with Gasteiger partial charge in [-0.1, -0.05) is 11.8 Å². The Kier molecular flexibility index (Phi) is 3.41. The molecule has 0 amide bonds. The number of anilines is 1. The molecule has 0 saturated heterocycles. The summed E-state index contributed by atoms with van der Waals surface area (Å²) >= 11 is 1.69. The lowest BCUT2D eigenvalue weighted by Crippen LogP contribution is -2.46. The Balaban J connectivity index is 1.86. The van der Waals surface area contributed by atoms with Gasteiger partial charge in [-0.05, 0) is 56.2 Å². The predicted molar refractivity (Wildman–Crippen MR) is 80.8 cm³/mol. The van der Waals surface area contributed by atoms with Crippen molar-refractivity contribution in [2.24, 2.45) is 4.99 Å². The van der Waals surface area contributed by atoms with Gasteiger partial charge in [-0.25, -0.2) is 10.4 Å². The summed E-state index contributed by atoms with van der Waals surface area (Å²) < 4.78 is 5.20. The quantitative estimate of drug-likeness (QED) is 0.901. The highest BCUT2D eigenvalue weighted by Crippen LogP contribution is 2.37. The van der Waals surface area contributed by atoms with Crippen molar-refractivity contribution in [1.29, 1.82) is 0 Å². The summed E-state index contributed by atoms with van der Waals surface area (Å²) in [7, 11) is 1.69. The molecule has 1 N–H and O–H groups in total. The average Bonchev–Trinajstić information content (AvgIpc) is 3.07. The maximum atomic E-state index is 5.20. The van der Waals surface area contributed by atoms with Gasteiger partial charge >= 0.3 is 0 Å². The van der Waals surface area contributed by atoms with Crippen molar-refractivity contribution in [2.45, 2.75) is 31.3 Å². The third-order valence-electron chi connectivity index (χ3n) is 3.76. The Labute approximate surface area is 118 Å². The van der Waals surface area contributed by atoms with Gasteiger partial charge in [-0.3, -0.25) is 5.01 Å². The zero-order valence-electron chi connectivity index (χ0n) is 11.3. The molecule has 1 spiro atoms. The van der Waals surface area contributed by atoms with Crippen LogP contribution in [0.1, 0.15) is 25.7 Å². The molecule has 1 fully saturated rings. The molecule has 0 radical (unpaired) electrons. The number of ether oxygens (including phenoxy) is 1.